The zero-order valence-corrected chi connectivity index (χ0v) is 20.7. The van der Waals surface area contributed by atoms with E-state index in [4.69, 9.17) is 4.74 Å². The molecule has 4 N–H and O–H groups in total. The second-order valence-corrected chi connectivity index (χ2v) is 9.14. The van der Waals surface area contributed by atoms with Crippen LogP contribution in [0.5, 0.6) is 5.75 Å². The molecular weight excluding hydrogens is 476 g/mol. The van der Waals surface area contributed by atoms with E-state index in [2.05, 4.69) is 16.0 Å². The van der Waals surface area contributed by atoms with Gasteiger partial charge in [0.2, 0.25) is 5.91 Å². The third-order valence-electron chi connectivity index (χ3n) is 6.29. The van der Waals surface area contributed by atoms with E-state index >= 15 is 0 Å². The number of rotatable bonds is 8. The van der Waals surface area contributed by atoms with Crippen molar-refractivity contribution in [2.24, 2.45) is 5.92 Å². The third kappa shape index (κ3) is 5.54. The quantitative estimate of drug-likeness (QED) is 0.265. The Labute approximate surface area is 213 Å². The van der Waals surface area contributed by atoms with Crippen LogP contribution in [0.3, 0.4) is 0 Å². The van der Waals surface area contributed by atoms with Crippen LogP contribution in [-0.4, -0.2) is 41.6 Å². The van der Waals surface area contributed by atoms with Crippen molar-refractivity contribution in [1.82, 2.24) is 5.32 Å². The molecule has 3 aromatic carbocycles. The van der Waals surface area contributed by atoms with E-state index in [-0.39, 0.29) is 48.2 Å². The van der Waals surface area contributed by atoms with E-state index in [1.165, 1.54) is 13.2 Å². The van der Waals surface area contributed by atoms with E-state index in [9.17, 15) is 24.8 Å². The molecule has 0 spiro atoms. The number of benzene rings is 3. The average Bonchev–Trinajstić information content (AvgIpc) is 3.01. The number of carbonyl (C=O) groups excluding carboxylic acids is 2. The van der Waals surface area contributed by atoms with E-state index in [1.807, 2.05) is 13.8 Å². The van der Waals surface area contributed by atoms with Crippen LogP contribution in [0, 0.1) is 16.0 Å². The van der Waals surface area contributed by atoms with E-state index < -0.39 is 4.92 Å². The number of aliphatic hydroxyl groups excluding tert-OH is 1. The van der Waals surface area contributed by atoms with Crippen molar-refractivity contribution >= 4 is 34.6 Å². The summed E-state index contributed by atoms with van der Waals surface area (Å²) in [7, 11) is 1.37. The molecule has 0 fully saturated rings. The summed E-state index contributed by atoms with van der Waals surface area (Å²) in [6.45, 7) is 3.71. The summed E-state index contributed by atoms with van der Waals surface area (Å²) in [5, 5.41) is 29.7. The second-order valence-electron chi connectivity index (χ2n) is 9.14. The normalized spacial score (nSPS) is 12.9. The van der Waals surface area contributed by atoms with E-state index in [0.717, 1.165) is 11.1 Å². The van der Waals surface area contributed by atoms with Crippen LogP contribution in [0.25, 0.3) is 11.1 Å². The number of nitro benzene ring substituents is 1. The van der Waals surface area contributed by atoms with Crippen molar-refractivity contribution in [3.05, 3.63) is 75.8 Å². The molecule has 192 valence electrons. The predicted octanol–water partition coefficient (Wildman–Crippen LogP) is 4.26. The van der Waals surface area contributed by atoms with Crippen LogP contribution in [0.2, 0.25) is 0 Å². The van der Waals surface area contributed by atoms with Gasteiger partial charge in [0.1, 0.15) is 0 Å². The first-order chi connectivity index (χ1) is 17.7. The Balaban J connectivity index is 1.62. The molecule has 1 heterocycles. The van der Waals surface area contributed by atoms with Crippen molar-refractivity contribution in [3.8, 4) is 16.9 Å². The third-order valence-corrected chi connectivity index (χ3v) is 6.29. The van der Waals surface area contributed by atoms with E-state index in [1.54, 1.807) is 48.5 Å². The van der Waals surface area contributed by atoms with Gasteiger partial charge >= 0.3 is 5.69 Å². The maximum atomic E-state index is 12.9. The predicted molar refractivity (Wildman–Crippen MR) is 140 cm³/mol. The summed E-state index contributed by atoms with van der Waals surface area (Å²) in [6.07, 6.45) is 0.113. The van der Waals surface area contributed by atoms with Crippen molar-refractivity contribution in [2.45, 2.75) is 26.3 Å². The Morgan fingerprint density at radius 2 is 1.76 bits per heavy atom. The number of anilines is 3. The summed E-state index contributed by atoms with van der Waals surface area (Å²) in [5.41, 5.74) is 4.18. The van der Waals surface area contributed by atoms with Crippen LogP contribution in [-0.2, 0) is 11.2 Å². The molecule has 2 amide bonds. The molecule has 0 aliphatic carbocycles. The number of ether oxygens (including phenoxy) is 1. The Hall–Kier alpha value is -4.44. The summed E-state index contributed by atoms with van der Waals surface area (Å²) >= 11 is 0. The first-order valence-electron chi connectivity index (χ1n) is 11.8. The second kappa shape index (κ2) is 10.7. The number of hydrogen-bond donors (Lipinski definition) is 4. The van der Waals surface area contributed by atoms with Crippen molar-refractivity contribution in [1.29, 1.82) is 0 Å². The van der Waals surface area contributed by atoms with Gasteiger partial charge in [-0.05, 0) is 59.0 Å². The number of hydrogen-bond acceptors (Lipinski definition) is 7. The first-order valence-corrected chi connectivity index (χ1v) is 11.8. The number of aliphatic hydroxyl groups is 1. The Bertz CT molecular complexity index is 1370. The fraction of sp³-hybridized carbons (Fsp3) is 0.259. The Morgan fingerprint density at radius 3 is 2.43 bits per heavy atom. The summed E-state index contributed by atoms with van der Waals surface area (Å²) in [4.78, 5) is 36.1. The van der Waals surface area contributed by atoms with Gasteiger partial charge in [-0.25, -0.2) is 0 Å². The molecule has 0 bridgehead atoms. The molecule has 1 atom stereocenters. The van der Waals surface area contributed by atoms with Gasteiger partial charge < -0.3 is 25.8 Å². The molecule has 0 unspecified atom stereocenters. The zero-order valence-electron chi connectivity index (χ0n) is 20.7. The van der Waals surface area contributed by atoms with Gasteiger partial charge in [0.05, 0.1) is 53.7 Å². The Morgan fingerprint density at radius 1 is 1.03 bits per heavy atom. The molecule has 10 nitrogen and oxygen atoms in total. The number of methoxy groups -OCH3 is 1. The maximum Gasteiger partial charge on any atom is 0.310 e. The average molecular weight is 505 g/mol. The van der Waals surface area contributed by atoms with Gasteiger partial charge in [0.25, 0.3) is 5.91 Å². The molecule has 1 aliphatic rings. The molecule has 4 rings (SSSR count). The van der Waals surface area contributed by atoms with Crippen molar-refractivity contribution in [3.63, 3.8) is 0 Å². The molecule has 3 aromatic rings. The summed E-state index contributed by atoms with van der Waals surface area (Å²) in [6, 6.07) is 14.8. The number of nitrogens with one attached hydrogen (secondary N) is 3. The van der Waals surface area contributed by atoms with E-state index in [0.29, 0.717) is 28.2 Å². The fourth-order valence-electron chi connectivity index (χ4n) is 4.15. The Kier molecular flexibility index (Phi) is 7.40. The number of nitro groups is 1. The number of amides is 2. The minimum atomic E-state index is -0.507. The minimum absolute atomic E-state index is 0.0966. The minimum Gasteiger partial charge on any atom is -0.490 e. The van der Waals surface area contributed by atoms with Gasteiger partial charge in [0.15, 0.2) is 5.75 Å². The molecule has 37 heavy (non-hydrogen) atoms. The van der Waals surface area contributed by atoms with Gasteiger partial charge in [-0.1, -0.05) is 26.0 Å². The van der Waals surface area contributed by atoms with Crippen LogP contribution >= 0.6 is 0 Å². The summed E-state index contributed by atoms with van der Waals surface area (Å²) < 4.78 is 5.19. The maximum absolute atomic E-state index is 12.9. The molecule has 0 saturated carbocycles. The smallest absolute Gasteiger partial charge is 0.310 e. The SMILES string of the molecule is COc1cc(-c2ccc3c(c2)Nc2cc(CC(=O)N[C@H](CO)C(C)C)ccc2NC3=O)ccc1[N+](=O)[O-]. The van der Waals surface area contributed by atoms with Crippen molar-refractivity contribution < 1.29 is 24.4 Å². The molecule has 0 saturated heterocycles. The van der Waals surface area contributed by atoms with Gasteiger partial charge in [-0.2, -0.15) is 0 Å². The lowest BCUT2D eigenvalue weighted by Gasteiger charge is -2.20. The standard InChI is InChI=1S/C27H28N4O6/c1-15(2)23(14-32)29-26(33)11-16-4-8-20-22(10-16)28-21-12-17(5-7-19(21)27(34)30-20)18-6-9-24(31(35)36)25(13-18)37-3/h4-10,12-13,15,23,28,32H,11,14H2,1-3H3,(H,29,33)(H,30,34)/t23-/m1/s1. The fourth-order valence-corrected chi connectivity index (χ4v) is 4.15. The van der Waals surface area contributed by atoms with Crippen molar-refractivity contribution in [2.75, 3.05) is 24.4 Å². The van der Waals surface area contributed by atoms with Crippen LogP contribution in [0.4, 0.5) is 22.7 Å². The zero-order chi connectivity index (χ0) is 26.7. The highest BCUT2D eigenvalue weighted by atomic mass is 16.6. The van der Waals surface area contributed by atoms with Gasteiger partial charge in [-0.15, -0.1) is 0 Å². The molecule has 10 heteroatoms. The highest BCUT2D eigenvalue weighted by Gasteiger charge is 2.22. The molecular formula is C27H28N4O6. The summed E-state index contributed by atoms with van der Waals surface area (Å²) in [5.74, 6) is -0.265. The number of nitrogens with zero attached hydrogens (tertiary/aromatic N) is 1. The van der Waals surface area contributed by atoms with Gasteiger partial charge in [0, 0.05) is 6.07 Å². The lowest BCUT2D eigenvalue weighted by atomic mass is 10.0. The first kappa shape index (κ1) is 25.6. The highest BCUT2D eigenvalue weighted by Crippen LogP contribution is 2.37. The van der Waals surface area contributed by atoms with Crippen LogP contribution < -0.4 is 20.7 Å². The molecule has 1 aliphatic heterocycles. The van der Waals surface area contributed by atoms with Crippen LogP contribution in [0.1, 0.15) is 29.8 Å². The lowest BCUT2D eigenvalue weighted by Crippen LogP contribution is -2.41. The van der Waals surface area contributed by atoms with Gasteiger partial charge in [-0.3, -0.25) is 19.7 Å². The molecule has 0 radical (unpaired) electrons. The number of fused-ring (bicyclic) bond motifs is 2. The monoisotopic (exact) mass is 504 g/mol. The number of carbonyl (C=O) groups is 2. The largest absolute Gasteiger partial charge is 0.490 e. The highest BCUT2D eigenvalue weighted by molar-refractivity contribution is 6.12. The molecule has 0 aromatic heterocycles. The lowest BCUT2D eigenvalue weighted by molar-refractivity contribution is -0.385. The topological polar surface area (TPSA) is 143 Å². The van der Waals surface area contributed by atoms with Crippen LogP contribution in [0.15, 0.2) is 54.6 Å².